The van der Waals surface area contributed by atoms with Crippen LogP contribution in [0.4, 0.5) is 0 Å². The predicted octanol–water partition coefficient (Wildman–Crippen LogP) is 2.69. The Balaban J connectivity index is 2.05. The normalized spacial score (nSPS) is 12.3. The lowest BCUT2D eigenvalue weighted by Crippen LogP contribution is -2.13. The van der Waals surface area contributed by atoms with Crippen LogP contribution in [0.2, 0.25) is 0 Å². The first-order valence-electron chi connectivity index (χ1n) is 6.38. The Morgan fingerprint density at radius 2 is 2.05 bits per heavy atom. The Labute approximate surface area is 117 Å². The Kier molecular flexibility index (Phi) is 3.31. The lowest BCUT2D eigenvalue weighted by molar-refractivity contribution is 0.406. The number of hydrogen-bond acceptors (Lipinski definition) is 4. The van der Waals surface area contributed by atoms with Crippen LogP contribution in [0, 0.1) is 0 Å². The second-order valence-electron chi connectivity index (χ2n) is 4.55. The molecule has 2 N–H and O–H groups in total. The molecule has 100 valence electrons. The molecule has 0 spiro atoms. The molecule has 0 aliphatic carbocycles. The van der Waals surface area contributed by atoms with Crippen molar-refractivity contribution in [3.05, 3.63) is 66.1 Å². The molecule has 1 aromatic carbocycles. The summed E-state index contributed by atoms with van der Waals surface area (Å²) in [7, 11) is 1.62. The molecule has 0 aliphatic rings. The van der Waals surface area contributed by atoms with E-state index in [-0.39, 0.29) is 6.04 Å². The van der Waals surface area contributed by atoms with Gasteiger partial charge >= 0.3 is 0 Å². The summed E-state index contributed by atoms with van der Waals surface area (Å²) in [6.45, 7) is 0. The third-order valence-electron chi connectivity index (χ3n) is 3.36. The smallest absolute Gasteiger partial charge is 0.142 e. The van der Waals surface area contributed by atoms with E-state index < -0.39 is 0 Å². The van der Waals surface area contributed by atoms with Gasteiger partial charge in [-0.05, 0) is 23.8 Å². The van der Waals surface area contributed by atoms with Gasteiger partial charge in [-0.1, -0.05) is 18.2 Å². The first-order valence-corrected chi connectivity index (χ1v) is 6.38. The first kappa shape index (κ1) is 12.6. The minimum atomic E-state index is -0.264. The summed E-state index contributed by atoms with van der Waals surface area (Å²) in [5.41, 5.74) is 9.20. The monoisotopic (exact) mass is 265 g/mol. The third kappa shape index (κ3) is 2.21. The van der Waals surface area contributed by atoms with Crippen molar-refractivity contribution in [2.75, 3.05) is 7.11 Å². The third-order valence-corrected chi connectivity index (χ3v) is 3.36. The van der Waals surface area contributed by atoms with E-state index in [0.29, 0.717) is 5.75 Å². The van der Waals surface area contributed by atoms with Crippen molar-refractivity contribution < 1.29 is 4.74 Å². The molecule has 0 bridgehead atoms. The Hall–Kier alpha value is -2.46. The van der Waals surface area contributed by atoms with Gasteiger partial charge < -0.3 is 10.5 Å². The van der Waals surface area contributed by atoms with E-state index in [1.165, 1.54) is 0 Å². The molecule has 3 aromatic rings. The summed E-state index contributed by atoms with van der Waals surface area (Å²) in [4.78, 5) is 8.41. The number of fused-ring (bicyclic) bond motifs is 1. The van der Waals surface area contributed by atoms with E-state index >= 15 is 0 Å². The molecular formula is C16H15N3O. The molecule has 0 aliphatic heterocycles. The molecule has 0 fully saturated rings. The van der Waals surface area contributed by atoms with Crippen LogP contribution in [0.15, 0.2) is 55.0 Å². The van der Waals surface area contributed by atoms with Gasteiger partial charge in [-0.3, -0.25) is 9.97 Å². The molecule has 0 saturated heterocycles. The van der Waals surface area contributed by atoms with Gasteiger partial charge in [-0.15, -0.1) is 0 Å². The second-order valence-corrected chi connectivity index (χ2v) is 4.55. The number of aromatic nitrogens is 2. The zero-order valence-electron chi connectivity index (χ0n) is 11.2. The van der Waals surface area contributed by atoms with Crippen LogP contribution in [0.25, 0.3) is 10.9 Å². The van der Waals surface area contributed by atoms with Crippen molar-refractivity contribution in [1.29, 1.82) is 0 Å². The maximum atomic E-state index is 6.35. The molecule has 3 rings (SSSR count). The zero-order chi connectivity index (χ0) is 13.9. The van der Waals surface area contributed by atoms with Gasteiger partial charge in [0.05, 0.1) is 24.9 Å². The Morgan fingerprint density at radius 3 is 2.90 bits per heavy atom. The highest BCUT2D eigenvalue weighted by atomic mass is 16.5. The van der Waals surface area contributed by atoms with Crippen LogP contribution in [0.5, 0.6) is 5.75 Å². The molecule has 1 atom stereocenters. The molecule has 4 heteroatoms. The number of benzene rings is 1. The zero-order valence-corrected chi connectivity index (χ0v) is 11.2. The van der Waals surface area contributed by atoms with Crippen molar-refractivity contribution in [1.82, 2.24) is 9.97 Å². The highest BCUT2D eigenvalue weighted by Crippen LogP contribution is 2.28. The standard InChI is InChI=1S/C16H15N3O/c1-20-15-10-18-8-6-13(15)16(17)12-5-4-11-3-2-7-19-14(11)9-12/h2-10,16H,17H2,1H3. The minimum absolute atomic E-state index is 0.264. The van der Waals surface area contributed by atoms with Gasteiger partial charge in [0.2, 0.25) is 0 Å². The van der Waals surface area contributed by atoms with Crippen molar-refractivity contribution in [2.45, 2.75) is 6.04 Å². The number of nitrogens with two attached hydrogens (primary N) is 1. The maximum absolute atomic E-state index is 6.35. The molecule has 20 heavy (non-hydrogen) atoms. The molecule has 2 aromatic heterocycles. The van der Waals surface area contributed by atoms with Gasteiger partial charge in [0.25, 0.3) is 0 Å². The van der Waals surface area contributed by atoms with E-state index in [9.17, 15) is 0 Å². The fourth-order valence-electron chi connectivity index (χ4n) is 2.27. The van der Waals surface area contributed by atoms with Crippen LogP contribution in [-0.4, -0.2) is 17.1 Å². The summed E-state index contributed by atoms with van der Waals surface area (Å²) in [5.74, 6) is 0.695. The number of rotatable bonds is 3. The van der Waals surface area contributed by atoms with Crippen molar-refractivity contribution in [2.24, 2.45) is 5.73 Å². The minimum Gasteiger partial charge on any atom is -0.495 e. The SMILES string of the molecule is COc1cnccc1C(N)c1ccc2cccnc2c1. The molecule has 4 nitrogen and oxygen atoms in total. The summed E-state index contributed by atoms with van der Waals surface area (Å²) < 4.78 is 5.32. The second kappa shape index (κ2) is 5.27. The molecule has 2 heterocycles. The number of methoxy groups -OCH3 is 1. The summed E-state index contributed by atoms with van der Waals surface area (Å²) in [6.07, 6.45) is 5.18. The Morgan fingerprint density at radius 1 is 1.15 bits per heavy atom. The maximum Gasteiger partial charge on any atom is 0.142 e. The van der Waals surface area contributed by atoms with Gasteiger partial charge in [0.1, 0.15) is 5.75 Å². The van der Waals surface area contributed by atoms with Gasteiger partial charge in [-0.25, -0.2) is 0 Å². The summed E-state index contributed by atoms with van der Waals surface area (Å²) >= 11 is 0. The summed E-state index contributed by atoms with van der Waals surface area (Å²) in [6, 6.07) is 11.6. The van der Waals surface area contributed by atoms with Crippen LogP contribution in [0.1, 0.15) is 17.2 Å². The van der Waals surface area contributed by atoms with Crippen LogP contribution in [0.3, 0.4) is 0 Å². The molecule has 0 saturated carbocycles. The molecule has 0 amide bonds. The first-order chi connectivity index (χ1) is 9.79. The van der Waals surface area contributed by atoms with E-state index in [2.05, 4.69) is 9.97 Å². The summed E-state index contributed by atoms with van der Waals surface area (Å²) in [5, 5.41) is 1.10. The van der Waals surface area contributed by atoms with Crippen molar-refractivity contribution >= 4 is 10.9 Å². The quantitative estimate of drug-likeness (QED) is 0.791. The van der Waals surface area contributed by atoms with E-state index in [4.69, 9.17) is 10.5 Å². The van der Waals surface area contributed by atoms with E-state index in [0.717, 1.165) is 22.0 Å². The van der Waals surface area contributed by atoms with Gasteiger partial charge in [0.15, 0.2) is 0 Å². The average molecular weight is 265 g/mol. The largest absolute Gasteiger partial charge is 0.495 e. The number of ether oxygens (including phenoxy) is 1. The molecule has 0 radical (unpaired) electrons. The predicted molar refractivity (Wildman–Crippen MR) is 78.6 cm³/mol. The number of nitrogens with zero attached hydrogens (tertiary/aromatic N) is 2. The van der Waals surface area contributed by atoms with Gasteiger partial charge in [0, 0.05) is 23.3 Å². The highest BCUT2D eigenvalue weighted by molar-refractivity contribution is 5.79. The number of pyridine rings is 2. The average Bonchev–Trinajstić information content (AvgIpc) is 2.53. The van der Waals surface area contributed by atoms with E-state index in [1.54, 1.807) is 25.7 Å². The van der Waals surface area contributed by atoms with Crippen LogP contribution in [-0.2, 0) is 0 Å². The highest BCUT2D eigenvalue weighted by Gasteiger charge is 2.14. The fourth-order valence-corrected chi connectivity index (χ4v) is 2.27. The molecular weight excluding hydrogens is 250 g/mol. The molecule has 1 unspecified atom stereocenters. The van der Waals surface area contributed by atoms with Crippen molar-refractivity contribution in [3.63, 3.8) is 0 Å². The topological polar surface area (TPSA) is 61.0 Å². The van der Waals surface area contributed by atoms with Gasteiger partial charge in [-0.2, -0.15) is 0 Å². The van der Waals surface area contributed by atoms with Crippen molar-refractivity contribution in [3.8, 4) is 5.75 Å². The van der Waals surface area contributed by atoms with E-state index in [1.807, 2.05) is 36.4 Å². The van der Waals surface area contributed by atoms with Crippen LogP contribution >= 0.6 is 0 Å². The lowest BCUT2D eigenvalue weighted by atomic mass is 9.98. The number of hydrogen-bond donors (Lipinski definition) is 1. The fraction of sp³-hybridized carbons (Fsp3) is 0.125. The lowest BCUT2D eigenvalue weighted by Gasteiger charge is -2.16. The Bertz CT molecular complexity index is 742. The van der Waals surface area contributed by atoms with Crippen LogP contribution < -0.4 is 10.5 Å².